The minimum Gasteiger partial charge on any atom is -0.489 e. The number of benzene rings is 1. The molecule has 5 nitrogen and oxygen atoms in total. The molecule has 6 heteroatoms. The van der Waals surface area contributed by atoms with Crippen LogP contribution in [0.4, 0.5) is 0 Å². The Morgan fingerprint density at radius 1 is 1.52 bits per heavy atom. The van der Waals surface area contributed by atoms with Crippen LogP contribution in [0.5, 0.6) is 5.75 Å². The molecule has 1 aromatic rings. The number of aliphatic imine (C=N–C) groups is 2. The van der Waals surface area contributed by atoms with Crippen molar-refractivity contribution in [3.63, 3.8) is 0 Å². The summed E-state index contributed by atoms with van der Waals surface area (Å²) >= 11 is 6.26. The minimum atomic E-state index is -1.00. The number of carboxylic acids is 1. The number of aliphatic carboxylic acids is 1. The number of hydrogen-bond donors (Lipinski definition) is 1. The zero-order valence-electron chi connectivity index (χ0n) is 13.3. The van der Waals surface area contributed by atoms with Gasteiger partial charge in [0, 0.05) is 6.42 Å². The number of ether oxygens (including phenoxy) is 1. The zero-order valence-corrected chi connectivity index (χ0v) is 14.1. The Hall–Kier alpha value is -2.14. The van der Waals surface area contributed by atoms with Crippen molar-refractivity contribution in [2.75, 3.05) is 6.54 Å². The van der Waals surface area contributed by atoms with E-state index in [-0.39, 0.29) is 12.6 Å². The molecule has 0 saturated heterocycles. The monoisotopic (exact) mass is 336 g/mol. The van der Waals surface area contributed by atoms with Gasteiger partial charge in [-0.2, -0.15) is 0 Å². The fourth-order valence-electron chi connectivity index (χ4n) is 1.69. The molecule has 0 unspecified atom stereocenters. The summed E-state index contributed by atoms with van der Waals surface area (Å²) in [6, 6.07) is 5.43. The Bertz CT molecular complexity index is 612. The first kappa shape index (κ1) is 18.9. The summed E-state index contributed by atoms with van der Waals surface area (Å²) in [6.07, 6.45) is 4.44. The molecule has 0 heterocycles. The molecule has 0 aliphatic rings. The molecule has 0 aliphatic carbocycles. The highest BCUT2D eigenvalue weighted by molar-refractivity contribution is 6.32. The molecular weight excluding hydrogens is 316 g/mol. The molecule has 0 spiro atoms. The van der Waals surface area contributed by atoms with Crippen molar-refractivity contribution in [2.45, 2.75) is 32.8 Å². The van der Waals surface area contributed by atoms with Gasteiger partial charge < -0.3 is 9.84 Å². The van der Waals surface area contributed by atoms with E-state index in [1.54, 1.807) is 18.2 Å². The van der Waals surface area contributed by atoms with Crippen LogP contribution in [0.25, 0.3) is 0 Å². The summed E-state index contributed by atoms with van der Waals surface area (Å²) in [5, 5.41) is 9.05. The predicted octanol–water partition coefficient (Wildman–Crippen LogP) is 4.00. The fraction of sp³-hybridized carbons (Fsp3) is 0.353. The molecule has 1 rings (SSSR count). The number of hydrogen-bond acceptors (Lipinski definition) is 3. The third-order valence-corrected chi connectivity index (χ3v) is 3.32. The highest BCUT2D eigenvalue weighted by Crippen LogP contribution is 2.27. The van der Waals surface area contributed by atoms with Crippen LogP contribution in [0.3, 0.4) is 0 Å². The smallest absolute Gasteiger partial charge is 0.325 e. The Morgan fingerprint density at radius 3 is 2.83 bits per heavy atom. The molecule has 0 bridgehead atoms. The Kier molecular flexibility index (Phi) is 8.05. The normalized spacial score (nSPS) is 13.1. The van der Waals surface area contributed by atoms with Gasteiger partial charge in [0.15, 0.2) is 0 Å². The van der Waals surface area contributed by atoms with Crippen LogP contribution in [0.2, 0.25) is 5.02 Å². The maximum Gasteiger partial charge on any atom is 0.325 e. The molecular formula is C17H21ClN2O3. The van der Waals surface area contributed by atoms with Gasteiger partial charge in [-0.25, -0.2) is 4.99 Å². The van der Waals surface area contributed by atoms with Gasteiger partial charge in [0.05, 0.1) is 16.8 Å². The first-order valence-electron chi connectivity index (χ1n) is 7.32. The summed E-state index contributed by atoms with van der Waals surface area (Å²) in [6.45, 7) is 7.40. The molecule has 0 fully saturated rings. The largest absolute Gasteiger partial charge is 0.489 e. The third kappa shape index (κ3) is 6.65. The van der Waals surface area contributed by atoms with E-state index in [1.807, 2.05) is 19.9 Å². The maximum atomic E-state index is 10.4. The van der Waals surface area contributed by atoms with Crippen molar-refractivity contribution in [1.29, 1.82) is 0 Å². The molecule has 0 aliphatic heterocycles. The Labute approximate surface area is 141 Å². The first-order chi connectivity index (χ1) is 11.0. The van der Waals surface area contributed by atoms with E-state index < -0.39 is 5.97 Å². The summed E-state index contributed by atoms with van der Waals surface area (Å²) in [4.78, 5) is 18.3. The van der Waals surface area contributed by atoms with E-state index in [2.05, 4.69) is 16.6 Å². The standard InChI is InChI=1S/C17H21ClN2O3/c1-4-6-15(20-11-19-10-17(21)22)13-7-8-16(14(18)9-13)23-12(3)5-2/h4,7-9,11-12H,1,5-6,10H2,2-3H3,(H,21,22)/t12-/m1/s1. The third-order valence-electron chi connectivity index (χ3n) is 3.03. The summed E-state index contributed by atoms with van der Waals surface area (Å²) in [5.74, 6) is -0.376. The van der Waals surface area contributed by atoms with Crippen LogP contribution in [-0.4, -0.2) is 35.8 Å². The van der Waals surface area contributed by atoms with Gasteiger partial charge in [-0.05, 0) is 37.1 Å². The Balaban J connectivity index is 2.97. The zero-order chi connectivity index (χ0) is 17.2. The van der Waals surface area contributed by atoms with Gasteiger partial charge in [-0.3, -0.25) is 9.79 Å². The first-order valence-corrected chi connectivity index (χ1v) is 7.70. The predicted molar refractivity (Wildman–Crippen MR) is 94.2 cm³/mol. The van der Waals surface area contributed by atoms with Gasteiger partial charge in [-0.1, -0.05) is 24.6 Å². The molecule has 1 atom stereocenters. The molecule has 0 radical (unpaired) electrons. The molecule has 1 aromatic carbocycles. The molecule has 23 heavy (non-hydrogen) atoms. The molecule has 0 aromatic heterocycles. The molecule has 1 N–H and O–H groups in total. The maximum absolute atomic E-state index is 10.4. The van der Waals surface area contributed by atoms with Gasteiger partial charge in [0.1, 0.15) is 18.6 Å². The van der Waals surface area contributed by atoms with E-state index >= 15 is 0 Å². The van der Waals surface area contributed by atoms with Crippen molar-refractivity contribution < 1.29 is 14.6 Å². The second-order valence-corrected chi connectivity index (χ2v) is 5.31. The molecule has 0 saturated carbocycles. The molecule has 124 valence electrons. The van der Waals surface area contributed by atoms with Gasteiger partial charge in [0.25, 0.3) is 0 Å². The second-order valence-electron chi connectivity index (χ2n) is 4.90. The van der Waals surface area contributed by atoms with Crippen molar-refractivity contribution in [3.8, 4) is 5.75 Å². The average Bonchev–Trinajstić information content (AvgIpc) is 2.52. The highest BCUT2D eigenvalue weighted by atomic mass is 35.5. The van der Waals surface area contributed by atoms with E-state index in [1.165, 1.54) is 6.34 Å². The number of halogens is 1. The summed E-state index contributed by atoms with van der Waals surface area (Å²) in [5.41, 5.74) is 1.51. The van der Waals surface area contributed by atoms with Crippen LogP contribution in [0.15, 0.2) is 40.8 Å². The number of carboxylic acid groups (broad SMARTS) is 1. The van der Waals surface area contributed by atoms with Crippen LogP contribution < -0.4 is 4.74 Å². The van der Waals surface area contributed by atoms with E-state index in [0.717, 1.165) is 12.0 Å². The number of allylic oxidation sites excluding steroid dienone is 1. The van der Waals surface area contributed by atoms with Crippen LogP contribution >= 0.6 is 11.6 Å². The lowest BCUT2D eigenvalue weighted by Gasteiger charge is -2.14. The van der Waals surface area contributed by atoms with E-state index in [4.69, 9.17) is 21.4 Å². The molecule has 0 amide bonds. The minimum absolute atomic E-state index is 0.0859. The van der Waals surface area contributed by atoms with Crippen LogP contribution in [0.1, 0.15) is 32.3 Å². The van der Waals surface area contributed by atoms with Crippen molar-refractivity contribution in [1.82, 2.24) is 0 Å². The van der Waals surface area contributed by atoms with Crippen molar-refractivity contribution in [2.24, 2.45) is 9.98 Å². The quantitative estimate of drug-likeness (QED) is 0.421. The lowest BCUT2D eigenvalue weighted by molar-refractivity contribution is -0.135. The van der Waals surface area contributed by atoms with Crippen molar-refractivity contribution in [3.05, 3.63) is 41.4 Å². The summed E-state index contributed by atoms with van der Waals surface area (Å²) < 4.78 is 5.73. The number of carbonyl (C=O) groups is 1. The van der Waals surface area contributed by atoms with E-state index in [0.29, 0.717) is 22.9 Å². The fourth-order valence-corrected chi connectivity index (χ4v) is 1.91. The SMILES string of the molecule is C=CCC(=NC=NCC(=O)O)c1ccc(O[C@H](C)CC)c(Cl)c1. The second kappa shape index (κ2) is 9.79. The topological polar surface area (TPSA) is 71.2 Å². The number of rotatable bonds is 9. The van der Waals surface area contributed by atoms with Crippen molar-refractivity contribution >= 4 is 29.6 Å². The number of nitrogens with zero attached hydrogens (tertiary/aromatic N) is 2. The highest BCUT2D eigenvalue weighted by Gasteiger charge is 2.09. The van der Waals surface area contributed by atoms with Gasteiger partial charge >= 0.3 is 5.97 Å². The van der Waals surface area contributed by atoms with E-state index in [9.17, 15) is 4.79 Å². The summed E-state index contributed by atoms with van der Waals surface area (Å²) in [7, 11) is 0. The average molecular weight is 337 g/mol. The Morgan fingerprint density at radius 2 is 2.26 bits per heavy atom. The van der Waals surface area contributed by atoms with Gasteiger partial charge in [-0.15, -0.1) is 6.58 Å². The lowest BCUT2D eigenvalue weighted by atomic mass is 10.1. The lowest BCUT2D eigenvalue weighted by Crippen LogP contribution is -2.10. The van der Waals surface area contributed by atoms with Crippen LogP contribution in [-0.2, 0) is 4.79 Å². The van der Waals surface area contributed by atoms with Gasteiger partial charge in [0.2, 0.25) is 0 Å². The van der Waals surface area contributed by atoms with Crippen LogP contribution in [0, 0.1) is 0 Å².